The van der Waals surface area contributed by atoms with Gasteiger partial charge >= 0.3 is 0 Å². The van der Waals surface area contributed by atoms with Crippen molar-refractivity contribution in [2.24, 2.45) is 0 Å². The Morgan fingerprint density at radius 3 is 2.38 bits per heavy atom. The molecule has 0 spiro atoms. The van der Waals surface area contributed by atoms with Crippen LogP contribution in [0.2, 0.25) is 0 Å². The summed E-state index contributed by atoms with van der Waals surface area (Å²) in [5.41, 5.74) is -0.0142. The predicted molar refractivity (Wildman–Crippen MR) is 68.7 cm³/mol. The maximum absolute atomic E-state index is 9.62. The Hall–Kier alpha value is -0.120. The number of hydrogen-bond acceptors (Lipinski definition) is 3. The molecular formula is C13H28N2O. The van der Waals surface area contributed by atoms with Crippen LogP contribution < -0.4 is 5.32 Å². The van der Waals surface area contributed by atoms with Crippen molar-refractivity contribution in [3.63, 3.8) is 0 Å². The Kier molecular flexibility index (Phi) is 5.73. The summed E-state index contributed by atoms with van der Waals surface area (Å²) < 4.78 is 0. The number of hydrogen-bond donors (Lipinski definition) is 2. The molecule has 3 nitrogen and oxygen atoms in total. The van der Waals surface area contributed by atoms with Gasteiger partial charge in [0.05, 0.1) is 6.61 Å². The molecule has 0 radical (unpaired) electrons. The lowest BCUT2D eigenvalue weighted by Crippen LogP contribution is -2.58. The fourth-order valence-electron chi connectivity index (χ4n) is 2.49. The van der Waals surface area contributed by atoms with E-state index in [4.69, 9.17) is 0 Å². The average molecular weight is 228 g/mol. The van der Waals surface area contributed by atoms with Gasteiger partial charge in [0.15, 0.2) is 0 Å². The van der Waals surface area contributed by atoms with E-state index in [0.717, 1.165) is 32.4 Å². The van der Waals surface area contributed by atoms with Crippen molar-refractivity contribution < 1.29 is 5.11 Å². The van der Waals surface area contributed by atoms with Gasteiger partial charge in [-0.05, 0) is 52.2 Å². The van der Waals surface area contributed by atoms with Crippen molar-refractivity contribution in [2.75, 3.05) is 26.2 Å². The van der Waals surface area contributed by atoms with Crippen molar-refractivity contribution in [2.45, 2.75) is 58.0 Å². The normalized spacial score (nSPS) is 23.2. The highest BCUT2D eigenvalue weighted by molar-refractivity contribution is 4.94. The number of aliphatic hydroxyl groups is 1. The Morgan fingerprint density at radius 1 is 1.31 bits per heavy atom. The quantitative estimate of drug-likeness (QED) is 0.725. The van der Waals surface area contributed by atoms with Crippen LogP contribution in [0.1, 0.15) is 46.5 Å². The highest BCUT2D eigenvalue weighted by Crippen LogP contribution is 2.23. The highest BCUT2D eigenvalue weighted by Gasteiger charge is 2.34. The first-order chi connectivity index (χ1) is 7.65. The molecule has 2 N–H and O–H groups in total. The molecule has 1 unspecified atom stereocenters. The first kappa shape index (κ1) is 13.9. The predicted octanol–water partition coefficient (Wildman–Crippen LogP) is 1.61. The molecule has 0 aromatic rings. The minimum Gasteiger partial charge on any atom is -0.394 e. The van der Waals surface area contributed by atoms with Crippen molar-refractivity contribution >= 4 is 0 Å². The molecule has 0 bridgehead atoms. The summed E-state index contributed by atoms with van der Waals surface area (Å²) in [6, 6.07) is 0.505. The maximum Gasteiger partial charge on any atom is 0.0614 e. The number of nitrogens with zero attached hydrogens (tertiary/aromatic N) is 1. The molecule has 1 atom stereocenters. The number of piperidine rings is 1. The molecule has 96 valence electrons. The van der Waals surface area contributed by atoms with Gasteiger partial charge in [-0.25, -0.2) is 0 Å². The lowest BCUT2D eigenvalue weighted by molar-refractivity contribution is 0.0707. The number of nitrogens with one attached hydrogen (secondary N) is 1. The van der Waals surface area contributed by atoms with Gasteiger partial charge in [0, 0.05) is 11.6 Å². The van der Waals surface area contributed by atoms with E-state index in [0.29, 0.717) is 6.04 Å². The van der Waals surface area contributed by atoms with Crippen LogP contribution in [0.5, 0.6) is 0 Å². The number of likely N-dealkylation sites (tertiary alicyclic amines) is 1. The van der Waals surface area contributed by atoms with Gasteiger partial charge in [-0.15, -0.1) is 0 Å². The van der Waals surface area contributed by atoms with Crippen LogP contribution in [-0.2, 0) is 0 Å². The van der Waals surface area contributed by atoms with E-state index in [9.17, 15) is 5.11 Å². The van der Waals surface area contributed by atoms with Crippen LogP contribution in [0.4, 0.5) is 0 Å². The Labute approximate surface area is 100 Å². The summed E-state index contributed by atoms with van der Waals surface area (Å²) in [4.78, 5) is 2.51. The summed E-state index contributed by atoms with van der Waals surface area (Å²) in [6.45, 7) is 10.3. The summed E-state index contributed by atoms with van der Waals surface area (Å²) >= 11 is 0. The molecule has 1 aliphatic heterocycles. The molecule has 1 rings (SSSR count). The van der Waals surface area contributed by atoms with Gasteiger partial charge in [0.25, 0.3) is 0 Å². The SMILES string of the molecule is CCCN1CCC(CO)(NC(C)CC)CC1. The third kappa shape index (κ3) is 3.72. The largest absolute Gasteiger partial charge is 0.394 e. The average Bonchev–Trinajstić information content (AvgIpc) is 2.32. The minimum absolute atomic E-state index is 0.0142. The first-order valence-corrected chi connectivity index (χ1v) is 6.76. The van der Waals surface area contributed by atoms with Crippen molar-refractivity contribution in [1.29, 1.82) is 0 Å². The molecule has 0 aliphatic carbocycles. The zero-order valence-electron chi connectivity index (χ0n) is 11.1. The molecule has 1 saturated heterocycles. The molecule has 0 saturated carbocycles. The van der Waals surface area contributed by atoms with E-state index in [-0.39, 0.29) is 12.1 Å². The van der Waals surface area contributed by atoms with Crippen molar-refractivity contribution in [3.05, 3.63) is 0 Å². The fourth-order valence-corrected chi connectivity index (χ4v) is 2.49. The summed E-state index contributed by atoms with van der Waals surface area (Å²) in [5, 5.41) is 13.2. The van der Waals surface area contributed by atoms with E-state index in [1.165, 1.54) is 13.0 Å². The van der Waals surface area contributed by atoms with Crippen LogP contribution in [0, 0.1) is 0 Å². The lowest BCUT2D eigenvalue weighted by atomic mass is 9.87. The molecule has 1 heterocycles. The van der Waals surface area contributed by atoms with Gasteiger partial charge in [-0.1, -0.05) is 13.8 Å². The Morgan fingerprint density at radius 2 is 1.94 bits per heavy atom. The minimum atomic E-state index is -0.0142. The van der Waals surface area contributed by atoms with Crippen LogP contribution >= 0.6 is 0 Å². The van der Waals surface area contributed by atoms with E-state index in [1.807, 2.05) is 0 Å². The van der Waals surface area contributed by atoms with Gasteiger partial charge < -0.3 is 15.3 Å². The van der Waals surface area contributed by atoms with E-state index in [1.54, 1.807) is 0 Å². The molecule has 0 aromatic carbocycles. The summed E-state index contributed by atoms with van der Waals surface area (Å²) in [7, 11) is 0. The molecule has 0 aromatic heterocycles. The second kappa shape index (κ2) is 6.58. The second-order valence-corrected chi connectivity index (χ2v) is 5.23. The zero-order chi connectivity index (χ0) is 12.0. The molecular weight excluding hydrogens is 200 g/mol. The third-order valence-corrected chi connectivity index (χ3v) is 3.82. The lowest BCUT2D eigenvalue weighted by Gasteiger charge is -2.43. The maximum atomic E-state index is 9.62. The highest BCUT2D eigenvalue weighted by atomic mass is 16.3. The van der Waals surface area contributed by atoms with Gasteiger partial charge in [0.1, 0.15) is 0 Å². The molecule has 1 fully saturated rings. The first-order valence-electron chi connectivity index (χ1n) is 6.76. The molecule has 0 amide bonds. The topological polar surface area (TPSA) is 35.5 Å². The second-order valence-electron chi connectivity index (χ2n) is 5.23. The van der Waals surface area contributed by atoms with Crippen LogP contribution in [0.3, 0.4) is 0 Å². The molecule has 16 heavy (non-hydrogen) atoms. The Bertz CT molecular complexity index is 188. The van der Waals surface area contributed by atoms with E-state index in [2.05, 4.69) is 31.0 Å². The van der Waals surface area contributed by atoms with Crippen molar-refractivity contribution in [1.82, 2.24) is 10.2 Å². The van der Waals surface area contributed by atoms with Gasteiger partial charge in [-0.3, -0.25) is 0 Å². The van der Waals surface area contributed by atoms with Crippen LogP contribution in [-0.4, -0.2) is 47.8 Å². The van der Waals surface area contributed by atoms with Gasteiger partial charge in [0.2, 0.25) is 0 Å². The number of rotatable bonds is 6. The smallest absolute Gasteiger partial charge is 0.0614 e. The van der Waals surface area contributed by atoms with E-state index >= 15 is 0 Å². The molecule has 3 heteroatoms. The summed E-state index contributed by atoms with van der Waals surface area (Å²) in [5.74, 6) is 0. The van der Waals surface area contributed by atoms with Crippen molar-refractivity contribution in [3.8, 4) is 0 Å². The zero-order valence-corrected chi connectivity index (χ0v) is 11.1. The fraction of sp³-hybridized carbons (Fsp3) is 1.00. The molecule has 1 aliphatic rings. The number of aliphatic hydroxyl groups excluding tert-OH is 1. The third-order valence-electron chi connectivity index (χ3n) is 3.82. The summed E-state index contributed by atoms with van der Waals surface area (Å²) in [6.07, 6.45) is 4.51. The van der Waals surface area contributed by atoms with Gasteiger partial charge in [-0.2, -0.15) is 0 Å². The standard InChI is InChI=1S/C13H28N2O/c1-4-8-15-9-6-13(11-16,7-10-15)14-12(3)5-2/h12,14,16H,4-11H2,1-3H3. The Balaban J connectivity index is 2.44. The monoisotopic (exact) mass is 228 g/mol. The van der Waals surface area contributed by atoms with E-state index < -0.39 is 0 Å². The van der Waals surface area contributed by atoms with Crippen LogP contribution in [0.25, 0.3) is 0 Å². The van der Waals surface area contributed by atoms with Crippen LogP contribution in [0.15, 0.2) is 0 Å².